The van der Waals surface area contributed by atoms with E-state index in [-0.39, 0.29) is 5.16 Å². The number of hydrogen-bond donors (Lipinski definition) is 0. The Morgan fingerprint density at radius 3 is 1.91 bits per heavy atom. The molecule has 0 spiro atoms. The topological polar surface area (TPSA) is 18.5 Å². The molecule has 0 bridgehead atoms. The van der Waals surface area contributed by atoms with Gasteiger partial charge in [0.1, 0.15) is 11.5 Å². The molecule has 0 saturated carbocycles. The van der Waals surface area contributed by atoms with Gasteiger partial charge in [0.25, 0.3) is 0 Å². The van der Waals surface area contributed by atoms with Crippen LogP contribution >= 0.6 is 18.5 Å². The highest BCUT2D eigenvalue weighted by atomic mass is 35.7. The first-order valence-corrected chi connectivity index (χ1v) is 9.41. The van der Waals surface area contributed by atoms with Crippen molar-refractivity contribution in [2.75, 3.05) is 14.2 Å². The highest BCUT2D eigenvalue weighted by Gasteiger charge is 2.27. The Morgan fingerprint density at radius 2 is 1.41 bits per heavy atom. The van der Waals surface area contributed by atoms with Crippen LogP contribution in [-0.4, -0.2) is 19.4 Å². The molecule has 0 radical (unpaired) electrons. The Balaban J connectivity index is 2.69. The van der Waals surface area contributed by atoms with Crippen LogP contribution in [0.1, 0.15) is 20.8 Å². The Labute approximate surface area is 139 Å². The van der Waals surface area contributed by atoms with Crippen LogP contribution in [0.15, 0.2) is 42.5 Å². The van der Waals surface area contributed by atoms with Crippen molar-refractivity contribution in [3.8, 4) is 22.6 Å². The second-order valence-corrected chi connectivity index (χ2v) is 9.41. The minimum Gasteiger partial charge on any atom is -0.496 e. The van der Waals surface area contributed by atoms with E-state index >= 15 is 0 Å². The van der Waals surface area contributed by atoms with Crippen molar-refractivity contribution in [3.63, 3.8) is 0 Å². The maximum Gasteiger partial charge on any atom is 0.130 e. The molecule has 0 fully saturated rings. The zero-order valence-corrected chi connectivity index (χ0v) is 15.3. The zero-order chi connectivity index (χ0) is 16.3. The molecule has 0 aliphatic carbocycles. The smallest absolute Gasteiger partial charge is 0.130 e. The SMILES string of the molecule is COc1cccc(OC)c1-c1ccccc1P(Cl)C(C)(C)C. The van der Waals surface area contributed by atoms with Crippen molar-refractivity contribution in [1.82, 2.24) is 0 Å². The van der Waals surface area contributed by atoms with Crippen LogP contribution in [-0.2, 0) is 0 Å². The molecule has 0 amide bonds. The molecule has 2 aromatic carbocycles. The lowest BCUT2D eigenvalue weighted by Gasteiger charge is -2.28. The van der Waals surface area contributed by atoms with Crippen LogP contribution in [0.4, 0.5) is 0 Å². The van der Waals surface area contributed by atoms with E-state index in [1.807, 2.05) is 30.3 Å². The summed E-state index contributed by atoms with van der Waals surface area (Å²) in [6.07, 6.45) is 0. The summed E-state index contributed by atoms with van der Waals surface area (Å²) >= 11 is 6.81. The summed E-state index contributed by atoms with van der Waals surface area (Å²) in [4.78, 5) is 0. The fraction of sp³-hybridized carbons (Fsp3) is 0.333. The molecule has 1 unspecified atom stereocenters. The van der Waals surface area contributed by atoms with Crippen LogP contribution in [0.25, 0.3) is 11.1 Å². The molecule has 2 aromatic rings. The van der Waals surface area contributed by atoms with Crippen molar-refractivity contribution >= 4 is 23.8 Å². The highest BCUT2D eigenvalue weighted by molar-refractivity contribution is 7.91. The van der Waals surface area contributed by atoms with Crippen molar-refractivity contribution in [1.29, 1.82) is 0 Å². The van der Waals surface area contributed by atoms with Gasteiger partial charge in [0, 0.05) is 7.27 Å². The molecular weight excluding hydrogens is 315 g/mol. The van der Waals surface area contributed by atoms with E-state index in [9.17, 15) is 0 Å². The van der Waals surface area contributed by atoms with Crippen LogP contribution in [0.2, 0.25) is 0 Å². The minimum atomic E-state index is -0.835. The van der Waals surface area contributed by atoms with E-state index in [1.54, 1.807) is 14.2 Å². The first-order valence-electron chi connectivity index (χ1n) is 7.16. The average molecular weight is 337 g/mol. The molecule has 0 saturated heterocycles. The number of methoxy groups -OCH3 is 2. The molecule has 4 heteroatoms. The van der Waals surface area contributed by atoms with Gasteiger partial charge in [-0.25, -0.2) is 0 Å². The Kier molecular flexibility index (Phi) is 5.36. The van der Waals surface area contributed by atoms with Gasteiger partial charge in [-0.2, -0.15) is 0 Å². The third kappa shape index (κ3) is 3.39. The van der Waals surface area contributed by atoms with Gasteiger partial charge in [0.15, 0.2) is 0 Å². The summed E-state index contributed by atoms with van der Waals surface area (Å²) in [6.45, 7) is 6.51. The molecule has 0 N–H and O–H groups in total. The van der Waals surface area contributed by atoms with Crippen molar-refractivity contribution in [3.05, 3.63) is 42.5 Å². The average Bonchev–Trinajstić information content (AvgIpc) is 2.52. The standard InChI is InChI=1S/C18H22ClO2P/c1-18(2,3)22(19)16-12-7-6-9-13(16)17-14(20-4)10-8-11-15(17)21-5/h6-12H,1-5H3. The van der Waals surface area contributed by atoms with Crippen LogP contribution < -0.4 is 14.8 Å². The summed E-state index contributed by atoms with van der Waals surface area (Å²) in [5, 5.41) is 1.16. The molecular formula is C18H22ClO2P. The van der Waals surface area contributed by atoms with Crippen molar-refractivity contribution < 1.29 is 9.47 Å². The van der Waals surface area contributed by atoms with Gasteiger partial charge in [-0.3, -0.25) is 0 Å². The van der Waals surface area contributed by atoms with Gasteiger partial charge in [-0.15, -0.1) is 0 Å². The first kappa shape index (κ1) is 17.1. The number of ether oxygens (including phenoxy) is 2. The van der Waals surface area contributed by atoms with Crippen LogP contribution in [0, 0.1) is 0 Å². The summed E-state index contributed by atoms with van der Waals surface area (Å²) in [7, 11) is 2.51. The van der Waals surface area contributed by atoms with E-state index in [2.05, 4.69) is 32.9 Å². The Hall–Kier alpha value is -1.24. The normalized spacial score (nSPS) is 12.8. The van der Waals surface area contributed by atoms with Gasteiger partial charge in [-0.1, -0.05) is 62.3 Å². The van der Waals surface area contributed by atoms with Gasteiger partial charge in [-0.05, 0) is 28.2 Å². The second-order valence-electron chi connectivity index (χ2n) is 6.01. The summed E-state index contributed by atoms with van der Waals surface area (Å²) < 4.78 is 11.1. The third-order valence-corrected chi connectivity index (χ3v) is 7.46. The molecule has 2 nitrogen and oxygen atoms in total. The fourth-order valence-corrected chi connectivity index (χ4v) is 4.11. The van der Waals surface area contributed by atoms with Crippen LogP contribution in [0.3, 0.4) is 0 Å². The predicted octanol–water partition coefficient (Wildman–Crippen LogP) is 5.43. The largest absolute Gasteiger partial charge is 0.496 e. The molecule has 2 rings (SSSR count). The molecule has 118 valence electrons. The lowest BCUT2D eigenvalue weighted by atomic mass is 10.0. The molecule has 0 aliphatic rings. The third-order valence-electron chi connectivity index (χ3n) is 3.40. The fourth-order valence-electron chi connectivity index (χ4n) is 2.33. The zero-order valence-electron chi connectivity index (χ0n) is 13.7. The molecule has 0 aromatic heterocycles. The Morgan fingerprint density at radius 1 is 0.864 bits per heavy atom. The summed E-state index contributed by atoms with van der Waals surface area (Å²) in [6, 6.07) is 14.1. The number of halogens is 1. The van der Waals surface area contributed by atoms with E-state index < -0.39 is 7.27 Å². The lowest BCUT2D eigenvalue weighted by Crippen LogP contribution is -2.17. The molecule has 0 heterocycles. The van der Waals surface area contributed by atoms with E-state index in [1.165, 1.54) is 0 Å². The van der Waals surface area contributed by atoms with Gasteiger partial charge in [0.05, 0.1) is 19.8 Å². The molecule has 22 heavy (non-hydrogen) atoms. The van der Waals surface area contributed by atoms with Crippen LogP contribution in [0.5, 0.6) is 11.5 Å². The van der Waals surface area contributed by atoms with Crippen molar-refractivity contribution in [2.45, 2.75) is 25.9 Å². The van der Waals surface area contributed by atoms with Gasteiger partial charge >= 0.3 is 0 Å². The number of hydrogen-bond acceptors (Lipinski definition) is 2. The van der Waals surface area contributed by atoms with E-state index in [0.717, 1.165) is 27.9 Å². The minimum absolute atomic E-state index is 0.0161. The monoisotopic (exact) mass is 336 g/mol. The lowest BCUT2D eigenvalue weighted by molar-refractivity contribution is 0.397. The quantitative estimate of drug-likeness (QED) is 0.693. The number of benzene rings is 2. The predicted molar refractivity (Wildman–Crippen MR) is 97.1 cm³/mol. The van der Waals surface area contributed by atoms with Gasteiger partial charge in [0.2, 0.25) is 0 Å². The molecule has 1 atom stereocenters. The van der Waals surface area contributed by atoms with E-state index in [4.69, 9.17) is 20.7 Å². The van der Waals surface area contributed by atoms with E-state index in [0.29, 0.717) is 0 Å². The first-order chi connectivity index (χ1) is 10.4. The summed E-state index contributed by atoms with van der Waals surface area (Å²) in [5.41, 5.74) is 2.04. The maximum absolute atomic E-state index is 6.81. The molecule has 0 aliphatic heterocycles. The second kappa shape index (κ2) is 6.89. The summed E-state index contributed by atoms with van der Waals surface area (Å²) in [5.74, 6) is 1.58. The Bertz CT molecular complexity index is 628. The van der Waals surface area contributed by atoms with Crippen molar-refractivity contribution in [2.24, 2.45) is 0 Å². The highest BCUT2D eigenvalue weighted by Crippen LogP contribution is 2.55. The van der Waals surface area contributed by atoms with Gasteiger partial charge < -0.3 is 9.47 Å². The maximum atomic E-state index is 6.81. The number of rotatable bonds is 4.